The predicted molar refractivity (Wildman–Crippen MR) is 63.2 cm³/mol. The van der Waals surface area contributed by atoms with E-state index in [0.717, 1.165) is 0 Å². The van der Waals surface area contributed by atoms with Crippen molar-refractivity contribution >= 4 is 16.6 Å². The summed E-state index contributed by atoms with van der Waals surface area (Å²) in [5.41, 5.74) is 0.412. The Morgan fingerprint density at radius 3 is 2.59 bits per heavy atom. The number of rotatable bonds is 2. The van der Waals surface area contributed by atoms with E-state index in [2.05, 4.69) is 0 Å². The second-order valence-corrected chi connectivity index (χ2v) is 3.85. The first kappa shape index (κ1) is 11.4. The summed E-state index contributed by atoms with van der Waals surface area (Å²) in [7, 11) is 0. The van der Waals surface area contributed by atoms with Gasteiger partial charge in [-0.25, -0.2) is 0 Å². The molecule has 0 saturated carbocycles. The van der Waals surface area contributed by atoms with Gasteiger partial charge in [0.25, 0.3) is 0 Å². The Kier molecular flexibility index (Phi) is 2.73. The van der Waals surface area contributed by atoms with Crippen molar-refractivity contribution in [1.82, 2.24) is 0 Å². The standard InChI is InChI=1S/C13H12O4/c1-7(15)11-9(6-14)5-8-3-2-4-10(16)12(8)13(11)17/h2-5,14,16-17H,6H2,1H3. The van der Waals surface area contributed by atoms with Gasteiger partial charge in [-0.1, -0.05) is 12.1 Å². The summed E-state index contributed by atoms with van der Waals surface area (Å²) < 4.78 is 0. The first-order valence-corrected chi connectivity index (χ1v) is 5.14. The molecule has 0 unspecified atom stereocenters. The zero-order valence-corrected chi connectivity index (χ0v) is 9.27. The Balaban J connectivity index is 2.94. The monoisotopic (exact) mass is 232 g/mol. The van der Waals surface area contributed by atoms with Crippen molar-refractivity contribution in [2.75, 3.05) is 0 Å². The number of carbonyl (C=O) groups excluding carboxylic acids is 1. The summed E-state index contributed by atoms with van der Waals surface area (Å²) in [6, 6.07) is 6.35. The number of carbonyl (C=O) groups is 1. The van der Waals surface area contributed by atoms with Gasteiger partial charge < -0.3 is 15.3 Å². The van der Waals surface area contributed by atoms with E-state index in [1.807, 2.05) is 0 Å². The second kappa shape index (κ2) is 4.07. The van der Waals surface area contributed by atoms with Crippen LogP contribution in [-0.4, -0.2) is 21.1 Å². The molecule has 0 aliphatic heterocycles. The largest absolute Gasteiger partial charge is 0.507 e. The molecular formula is C13H12O4. The van der Waals surface area contributed by atoms with Crippen LogP contribution in [0.4, 0.5) is 0 Å². The van der Waals surface area contributed by atoms with Crippen molar-refractivity contribution in [3.8, 4) is 11.5 Å². The van der Waals surface area contributed by atoms with Crippen LogP contribution in [0.15, 0.2) is 24.3 Å². The van der Waals surface area contributed by atoms with Gasteiger partial charge in [0.1, 0.15) is 11.5 Å². The van der Waals surface area contributed by atoms with Crippen LogP contribution in [0.25, 0.3) is 10.8 Å². The number of Topliss-reactive ketones (excluding diaryl/α,β-unsaturated/α-hetero) is 1. The summed E-state index contributed by atoms with van der Waals surface area (Å²) in [6.45, 7) is 0.966. The van der Waals surface area contributed by atoms with Crippen molar-refractivity contribution in [3.05, 3.63) is 35.4 Å². The average Bonchev–Trinajstić information content (AvgIpc) is 2.27. The molecule has 0 saturated heterocycles. The molecule has 0 aliphatic carbocycles. The van der Waals surface area contributed by atoms with E-state index in [4.69, 9.17) is 0 Å². The molecular weight excluding hydrogens is 220 g/mol. The second-order valence-electron chi connectivity index (χ2n) is 3.85. The molecule has 2 aromatic rings. The first-order valence-electron chi connectivity index (χ1n) is 5.14. The van der Waals surface area contributed by atoms with Gasteiger partial charge in [0, 0.05) is 0 Å². The minimum atomic E-state index is -0.350. The van der Waals surface area contributed by atoms with E-state index in [1.54, 1.807) is 18.2 Å². The highest BCUT2D eigenvalue weighted by Crippen LogP contribution is 2.37. The van der Waals surface area contributed by atoms with Gasteiger partial charge in [0.2, 0.25) is 0 Å². The summed E-state index contributed by atoms with van der Waals surface area (Å²) in [6.07, 6.45) is 0. The van der Waals surface area contributed by atoms with Crippen LogP contribution < -0.4 is 0 Å². The lowest BCUT2D eigenvalue weighted by Crippen LogP contribution is -2.01. The highest BCUT2D eigenvalue weighted by molar-refractivity contribution is 6.06. The maximum Gasteiger partial charge on any atom is 0.163 e. The van der Waals surface area contributed by atoms with Gasteiger partial charge in [-0.15, -0.1) is 0 Å². The molecule has 0 spiro atoms. The third-order valence-corrected chi connectivity index (χ3v) is 2.72. The molecule has 0 aliphatic rings. The maximum atomic E-state index is 11.4. The van der Waals surface area contributed by atoms with E-state index >= 15 is 0 Å². The normalized spacial score (nSPS) is 10.7. The van der Waals surface area contributed by atoms with E-state index < -0.39 is 0 Å². The molecule has 0 radical (unpaired) electrons. The van der Waals surface area contributed by atoms with Crippen molar-refractivity contribution < 1.29 is 20.1 Å². The molecule has 2 aromatic carbocycles. The van der Waals surface area contributed by atoms with Gasteiger partial charge in [-0.2, -0.15) is 0 Å². The minimum absolute atomic E-state index is 0.0569. The quantitative estimate of drug-likeness (QED) is 0.691. The maximum absolute atomic E-state index is 11.4. The Hall–Kier alpha value is -2.07. The van der Waals surface area contributed by atoms with Crippen molar-refractivity contribution in [1.29, 1.82) is 0 Å². The molecule has 0 amide bonds. The molecule has 0 atom stereocenters. The van der Waals surface area contributed by atoms with Crippen molar-refractivity contribution in [2.45, 2.75) is 13.5 Å². The smallest absolute Gasteiger partial charge is 0.163 e. The van der Waals surface area contributed by atoms with Gasteiger partial charge in [-0.3, -0.25) is 4.79 Å². The van der Waals surface area contributed by atoms with Crippen LogP contribution in [0, 0.1) is 0 Å². The Morgan fingerprint density at radius 2 is 2.00 bits per heavy atom. The number of hydrogen-bond acceptors (Lipinski definition) is 4. The van der Waals surface area contributed by atoms with E-state index in [0.29, 0.717) is 10.9 Å². The van der Waals surface area contributed by atoms with E-state index in [1.165, 1.54) is 13.0 Å². The number of hydrogen-bond donors (Lipinski definition) is 3. The summed E-state index contributed by atoms with van der Waals surface area (Å²) >= 11 is 0. The molecule has 0 heterocycles. The molecule has 0 aromatic heterocycles. The minimum Gasteiger partial charge on any atom is -0.507 e. The zero-order chi connectivity index (χ0) is 12.6. The third kappa shape index (κ3) is 1.72. The lowest BCUT2D eigenvalue weighted by atomic mass is 9.97. The number of fused-ring (bicyclic) bond motifs is 1. The molecule has 0 bridgehead atoms. The number of aliphatic hydroxyl groups excluding tert-OH is 1. The molecule has 88 valence electrons. The topological polar surface area (TPSA) is 77.8 Å². The fourth-order valence-electron chi connectivity index (χ4n) is 1.99. The summed E-state index contributed by atoms with van der Waals surface area (Å²) in [4.78, 5) is 11.4. The van der Waals surface area contributed by atoms with Crippen LogP contribution in [0.3, 0.4) is 0 Å². The van der Waals surface area contributed by atoms with Crippen LogP contribution in [0.1, 0.15) is 22.8 Å². The Morgan fingerprint density at radius 1 is 1.29 bits per heavy atom. The third-order valence-electron chi connectivity index (χ3n) is 2.72. The number of aliphatic hydroxyl groups is 1. The van der Waals surface area contributed by atoms with Crippen molar-refractivity contribution in [3.63, 3.8) is 0 Å². The fourth-order valence-corrected chi connectivity index (χ4v) is 1.99. The first-order chi connectivity index (χ1) is 8.06. The van der Waals surface area contributed by atoms with Gasteiger partial charge in [0.15, 0.2) is 5.78 Å². The molecule has 4 nitrogen and oxygen atoms in total. The summed E-state index contributed by atoms with van der Waals surface area (Å²) in [5, 5.41) is 29.7. The van der Waals surface area contributed by atoms with Crippen LogP contribution in [0.2, 0.25) is 0 Å². The van der Waals surface area contributed by atoms with Gasteiger partial charge >= 0.3 is 0 Å². The number of ketones is 1. The highest BCUT2D eigenvalue weighted by Gasteiger charge is 2.17. The fraction of sp³-hybridized carbons (Fsp3) is 0.154. The number of aromatic hydroxyl groups is 2. The average molecular weight is 232 g/mol. The van der Waals surface area contributed by atoms with Crippen LogP contribution >= 0.6 is 0 Å². The SMILES string of the molecule is CC(=O)c1c(CO)cc2cccc(O)c2c1O. The zero-order valence-electron chi connectivity index (χ0n) is 9.27. The number of phenols is 2. The molecule has 17 heavy (non-hydrogen) atoms. The number of phenolic OH excluding ortho intramolecular Hbond substituents is 2. The molecule has 0 fully saturated rings. The summed E-state index contributed by atoms with van der Waals surface area (Å²) in [5.74, 6) is -0.721. The van der Waals surface area contributed by atoms with E-state index in [9.17, 15) is 20.1 Å². The Labute approximate surface area is 97.8 Å². The molecule has 4 heteroatoms. The van der Waals surface area contributed by atoms with E-state index in [-0.39, 0.29) is 34.8 Å². The lowest BCUT2D eigenvalue weighted by molar-refractivity contribution is 0.101. The van der Waals surface area contributed by atoms with Gasteiger partial charge in [0.05, 0.1) is 17.6 Å². The lowest BCUT2D eigenvalue weighted by Gasteiger charge is -2.11. The highest BCUT2D eigenvalue weighted by atomic mass is 16.3. The van der Waals surface area contributed by atoms with Crippen molar-refractivity contribution in [2.24, 2.45) is 0 Å². The Bertz CT molecular complexity index is 602. The molecule has 3 N–H and O–H groups in total. The van der Waals surface area contributed by atoms with Crippen LogP contribution in [-0.2, 0) is 6.61 Å². The number of benzene rings is 2. The van der Waals surface area contributed by atoms with Gasteiger partial charge in [-0.05, 0) is 30.0 Å². The predicted octanol–water partition coefficient (Wildman–Crippen LogP) is 1.95. The van der Waals surface area contributed by atoms with Crippen LogP contribution in [0.5, 0.6) is 11.5 Å². The molecule has 2 rings (SSSR count).